The van der Waals surface area contributed by atoms with Gasteiger partial charge < -0.3 is 14.6 Å². The minimum Gasteiger partial charge on any atom is -0.467 e. The first-order valence-electron chi connectivity index (χ1n) is 7.68. The molecule has 0 aliphatic rings. The van der Waals surface area contributed by atoms with Crippen molar-refractivity contribution in [1.82, 2.24) is 4.90 Å². The average molecular weight is 419 g/mol. The van der Waals surface area contributed by atoms with Crippen molar-refractivity contribution in [3.05, 3.63) is 88.5 Å². The van der Waals surface area contributed by atoms with Crippen LogP contribution in [0.25, 0.3) is 0 Å². The molecule has 128 valence electrons. The second kappa shape index (κ2) is 8.27. The van der Waals surface area contributed by atoms with Crippen LogP contribution in [0.3, 0.4) is 0 Å². The number of rotatable bonds is 5. The van der Waals surface area contributed by atoms with Gasteiger partial charge in [0, 0.05) is 16.7 Å². The van der Waals surface area contributed by atoms with Gasteiger partial charge in [-0.1, -0.05) is 28.1 Å². The van der Waals surface area contributed by atoms with Gasteiger partial charge in [-0.15, -0.1) is 0 Å². The van der Waals surface area contributed by atoms with E-state index >= 15 is 0 Å². The van der Waals surface area contributed by atoms with Crippen LogP contribution < -0.4 is 5.32 Å². The Hall–Kier alpha value is -2.18. The minimum absolute atomic E-state index is 0.253. The van der Waals surface area contributed by atoms with E-state index in [0.717, 1.165) is 21.5 Å². The fourth-order valence-corrected chi connectivity index (χ4v) is 2.85. The van der Waals surface area contributed by atoms with Gasteiger partial charge in [-0.05, 0) is 66.3 Å². The van der Waals surface area contributed by atoms with Gasteiger partial charge in [0.1, 0.15) is 11.6 Å². The second-order valence-electron chi connectivity index (χ2n) is 5.50. The monoisotopic (exact) mass is 418 g/mol. The van der Waals surface area contributed by atoms with E-state index in [1.807, 2.05) is 41.3 Å². The maximum atomic E-state index is 13.1. The molecule has 0 unspecified atom stereocenters. The lowest BCUT2D eigenvalue weighted by molar-refractivity contribution is 0.360. The summed E-state index contributed by atoms with van der Waals surface area (Å²) in [7, 11) is 0. The minimum atomic E-state index is -0.253. The number of nitrogens with zero attached hydrogens (tertiary/aromatic N) is 1. The molecule has 2 aromatic carbocycles. The summed E-state index contributed by atoms with van der Waals surface area (Å²) in [5.74, 6) is 0.555. The third-order valence-corrected chi connectivity index (χ3v) is 4.49. The van der Waals surface area contributed by atoms with Gasteiger partial charge in [-0.2, -0.15) is 0 Å². The van der Waals surface area contributed by atoms with Crippen LogP contribution in [0.2, 0.25) is 0 Å². The molecule has 3 aromatic rings. The fourth-order valence-electron chi connectivity index (χ4n) is 2.34. The Bertz CT molecular complexity index is 820. The lowest BCUT2D eigenvalue weighted by atomic mass is 10.2. The van der Waals surface area contributed by atoms with Gasteiger partial charge >= 0.3 is 0 Å². The summed E-state index contributed by atoms with van der Waals surface area (Å²) in [6.45, 7) is 1.07. The van der Waals surface area contributed by atoms with Crippen LogP contribution in [-0.2, 0) is 13.1 Å². The molecule has 1 heterocycles. The highest BCUT2D eigenvalue weighted by molar-refractivity contribution is 9.10. The van der Waals surface area contributed by atoms with Gasteiger partial charge in [-0.25, -0.2) is 4.39 Å². The summed E-state index contributed by atoms with van der Waals surface area (Å²) in [5.41, 5.74) is 1.87. The molecule has 3 nitrogen and oxygen atoms in total. The lowest BCUT2D eigenvalue weighted by Crippen LogP contribution is -2.33. The molecule has 0 amide bonds. The first-order chi connectivity index (χ1) is 12.1. The average Bonchev–Trinajstić information content (AvgIpc) is 3.11. The third kappa shape index (κ3) is 5.14. The van der Waals surface area contributed by atoms with Gasteiger partial charge in [0.05, 0.1) is 12.8 Å². The zero-order valence-electron chi connectivity index (χ0n) is 13.3. The van der Waals surface area contributed by atoms with Crippen molar-refractivity contribution in [3.63, 3.8) is 0 Å². The predicted molar refractivity (Wildman–Crippen MR) is 105 cm³/mol. The quantitative estimate of drug-likeness (QED) is 0.547. The van der Waals surface area contributed by atoms with E-state index in [2.05, 4.69) is 21.2 Å². The van der Waals surface area contributed by atoms with Gasteiger partial charge in [0.2, 0.25) is 0 Å². The summed E-state index contributed by atoms with van der Waals surface area (Å²) in [6, 6.07) is 17.9. The second-order valence-corrected chi connectivity index (χ2v) is 6.80. The standard InChI is InChI=1S/C19H16BrFN2OS/c20-15-5-9-17(10-6-15)22-19(25)23(13-18-2-1-11-24-18)12-14-3-7-16(21)8-4-14/h1-11H,12-13H2,(H,22,25). The number of benzene rings is 2. The van der Waals surface area contributed by atoms with E-state index in [1.165, 1.54) is 12.1 Å². The Labute approximate surface area is 159 Å². The number of thiocarbonyl (C=S) groups is 1. The maximum Gasteiger partial charge on any atom is 0.174 e. The molecule has 6 heteroatoms. The molecule has 0 fully saturated rings. The number of nitrogens with one attached hydrogen (secondary N) is 1. The molecule has 1 aromatic heterocycles. The summed E-state index contributed by atoms with van der Waals surface area (Å²) in [5, 5.41) is 3.81. The van der Waals surface area contributed by atoms with E-state index in [4.69, 9.17) is 16.6 Å². The molecule has 0 atom stereocenters. The number of hydrogen-bond donors (Lipinski definition) is 1. The van der Waals surface area contributed by atoms with Crippen LogP contribution in [0.5, 0.6) is 0 Å². The molecule has 0 radical (unpaired) electrons. The molecule has 25 heavy (non-hydrogen) atoms. The number of furan rings is 1. The molecule has 0 spiro atoms. The van der Waals surface area contributed by atoms with Crippen molar-refractivity contribution in [2.75, 3.05) is 5.32 Å². The molecule has 0 bridgehead atoms. The predicted octanol–water partition coefficient (Wildman–Crippen LogP) is 5.58. The molecule has 0 aliphatic heterocycles. The summed E-state index contributed by atoms with van der Waals surface area (Å²) in [6.07, 6.45) is 1.64. The Kier molecular flexibility index (Phi) is 5.83. The van der Waals surface area contributed by atoms with Crippen LogP contribution in [0, 0.1) is 5.82 Å². The topological polar surface area (TPSA) is 28.4 Å². The molecule has 3 rings (SSSR count). The molecule has 1 N–H and O–H groups in total. The van der Waals surface area contributed by atoms with Crippen molar-refractivity contribution in [2.24, 2.45) is 0 Å². The Morgan fingerprint density at radius 3 is 2.40 bits per heavy atom. The highest BCUT2D eigenvalue weighted by Gasteiger charge is 2.13. The van der Waals surface area contributed by atoms with Crippen molar-refractivity contribution >= 4 is 38.9 Å². The highest BCUT2D eigenvalue weighted by Crippen LogP contribution is 2.17. The fraction of sp³-hybridized carbons (Fsp3) is 0.105. The van der Waals surface area contributed by atoms with Crippen molar-refractivity contribution in [1.29, 1.82) is 0 Å². The van der Waals surface area contributed by atoms with E-state index < -0.39 is 0 Å². The number of halogens is 2. The van der Waals surface area contributed by atoms with Gasteiger partial charge in [0.25, 0.3) is 0 Å². The Balaban J connectivity index is 1.75. The normalized spacial score (nSPS) is 10.5. The third-order valence-electron chi connectivity index (χ3n) is 3.60. The molecule has 0 saturated carbocycles. The highest BCUT2D eigenvalue weighted by atomic mass is 79.9. The number of anilines is 1. The van der Waals surface area contributed by atoms with Gasteiger partial charge in [-0.3, -0.25) is 0 Å². The summed E-state index contributed by atoms with van der Waals surface area (Å²) < 4.78 is 19.6. The van der Waals surface area contributed by atoms with Crippen LogP contribution in [0.1, 0.15) is 11.3 Å². The Morgan fingerprint density at radius 2 is 1.76 bits per heavy atom. The van der Waals surface area contributed by atoms with E-state index in [9.17, 15) is 4.39 Å². The van der Waals surface area contributed by atoms with Crippen LogP contribution >= 0.6 is 28.1 Å². The smallest absolute Gasteiger partial charge is 0.174 e. The zero-order valence-corrected chi connectivity index (χ0v) is 15.7. The first kappa shape index (κ1) is 17.6. The SMILES string of the molecule is Fc1ccc(CN(Cc2ccco2)C(=S)Nc2ccc(Br)cc2)cc1. The van der Waals surface area contributed by atoms with Crippen molar-refractivity contribution < 1.29 is 8.81 Å². The molecular formula is C19H16BrFN2OS. The van der Waals surface area contributed by atoms with Crippen LogP contribution in [-0.4, -0.2) is 10.0 Å². The first-order valence-corrected chi connectivity index (χ1v) is 8.88. The maximum absolute atomic E-state index is 13.1. The van der Waals surface area contributed by atoms with E-state index in [0.29, 0.717) is 18.2 Å². The van der Waals surface area contributed by atoms with Crippen LogP contribution in [0.4, 0.5) is 10.1 Å². The van der Waals surface area contributed by atoms with E-state index in [-0.39, 0.29) is 5.82 Å². The summed E-state index contributed by atoms with van der Waals surface area (Å²) in [4.78, 5) is 1.98. The molecule has 0 saturated heterocycles. The largest absolute Gasteiger partial charge is 0.467 e. The van der Waals surface area contributed by atoms with Crippen molar-refractivity contribution in [3.8, 4) is 0 Å². The molecule has 0 aliphatic carbocycles. The molecular weight excluding hydrogens is 403 g/mol. The number of hydrogen-bond acceptors (Lipinski definition) is 2. The zero-order chi connectivity index (χ0) is 17.6. The lowest BCUT2D eigenvalue weighted by Gasteiger charge is -2.25. The van der Waals surface area contributed by atoms with E-state index in [1.54, 1.807) is 18.4 Å². The van der Waals surface area contributed by atoms with Crippen molar-refractivity contribution in [2.45, 2.75) is 13.1 Å². The Morgan fingerprint density at radius 1 is 1.04 bits per heavy atom. The van der Waals surface area contributed by atoms with Gasteiger partial charge in [0.15, 0.2) is 5.11 Å². The van der Waals surface area contributed by atoms with Crippen LogP contribution in [0.15, 0.2) is 75.8 Å². The summed E-state index contributed by atoms with van der Waals surface area (Å²) >= 11 is 8.99.